The predicted octanol–water partition coefficient (Wildman–Crippen LogP) is 3.49. The first-order chi connectivity index (χ1) is 13.3. The van der Waals surface area contributed by atoms with Crippen molar-refractivity contribution < 1.29 is 9.53 Å². The predicted molar refractivity (Wildman–Crippen MR) is 118 cm³/mol. The molecule has 6 nitrogen and oxygen atoms in total. The summed E-state index contributed by atoms with van der Waals surface area (Å²) in [4.78, 5) is 16.9. The van der Waals surface area contributed by atoms with E-state index in [-0.39, 0.29) is 30.7 Å². The zero-order valence-corrected chi connectivity index (χ0v) is 17.7. The lowest BCUT2D eigenvalue weighted by atomic mass is 9.99. The fourth-order valence-electron chi connectivity index (χ4n) is 3.38. The molecule has 0 bridgehead atoms. The molecule has 1 aromatic carbocycles. The van der Waals surface area contributed by atoms with Gasteiger partial charge in [0.2, 0.25) is 0 Å². The fourth-order valence-corrected chi connectivity index (χ4v) is 3.38. The summed E-state index contributed by atoms with van der Waals surface area (Å²) in [5, 5.41) is 6.41. The summed E-state index contributed by atoms with van der Waals surface area (Å²) < 4.78 is 7.80. The van der Waals surface area contributed by atoms with Crippen molar-refractivity contribution in [3.05, 3.63) is 66.1 Å². The third-order valence-electron chi connectivity index (χ3n) is 4.85. The first-order valence-corrected chi connectivity index (χ1v) is 9.42. The molecule has 156 valence electrons. The molecule has 8 heteroatoms. The minimum Gasteiger partial charge on any atom is -0.487 e. The average molecular weight is 437 g/mol. The number of hydrogen-bond donors (Lipinski definition) is 2. The van der Waals surface area contributed by atoms with Gasteiger partial charge < -0.3 is 19.8 Å². The molecule has 0 aliphatic carbocycles. The quantitative estimate of drug-likeness (QED) is 0.620. The van der Waals surface area contributed by atoms with Crippen molar-refractivity contribution in [3.63, 3.8) is 0 Å². The minimum absolute atomic E-state index is 0. The van der Waals surface area contributed by atoms with Crippen LogP contribution in [-0.4, -0.2) is 34.9 Å². The van der Waals surface area contributed by atoms with Crippen LogP contribution in [0, 0.1) is 5.92 Å². The van der Waals surface area contributed by atoms with E-state index in [9.17, 15) is 4.79 Å². The van der Waals surface area contributed by atoms with E-state index in [1.807, 2.05) is 53.2 Å². The summed E-state index contributed by atoms with van der Waals surface area (Å²) in [7, 11) is 0. The number of ether oxygens (including phenoxy) is 1. The van der Waals surface area contributed by atoms with Gasteiger partial charge in [0.1, 0.15) is 18.0 Å². The van der Waals surface area contributed by atoms with Crippen molar-refractivity contribution in [3.8, 4) is 5.75 Å². The van der Waals surface area contributed by atoms with Gasteiger partial charge in [-0.1, -0.05) is 12.1 Å². The molecule has 29 heavy (non-hydrogen) atoms. The van der Waals surface area contributed by atoms with Gasteiger partial charge in [0.25, 0.3) is 5.91 Å². The maximum Gasteiger partial charge on any atom is 0.251 e. The smallest absolute Gasteiger partial charge is 0.251 e. The Kier molecular flexibility index (Phi) is 8.76. The minimum atomic E-state index is -0.0567. The number of rotatable bonds is 6. The van der Waals surface area contributed by atoms with Gasteiger partial charge in [-0.3, -0.25) is 4.79 Å². The molecule has 3 heterocycles. The van der Waals surface area contributed by atoms with Gasteiger partial charge in [-0.15, -0.1) is 24.8 Å². The van der Waals surface area contributed by atoms with Gasteiger partial charge in [0.05, 0.1) is 5.69 Å². The zero-order chi connectivity index (χ0) is 18.5. The Morgan fingerprint density at radius 3 is 2.93 bits per heavy atom. The third-order valence-corrected chi connectivity index (χ3v) is 4.85. The molecular weight excluding hydrogens is 411 g/mol. The van der Waals surface area contributed by atoms with Crippen LogP contribution in [0.1, 0.15) is 28.9 Å². The van der Waals surface area contributed by atoms with E-state index in [1.54, 1.807) is 6.07 Å². The summed E-state index contributed by atoms with van der Waals surface area (Å²) in [5.41, 5.74) is 2.36. The molecule has 1 aliphatic heterocycles. The maximum absolute atomic E-state index is 12.4. The molecular formula is C21H26Cl2N4O2. The van der Waals surface area contributed by atoms with E-state index in [1.165, 1.54) is 6.42 Å². The van der Waals surface area contributed by atoms with E-state index in [2.05, 4.69) is 15.6 Å². The van der Waals surface area contributed by atoms with E-state index in [0.29, 0.717) is 30.4 Å². The van der Waals surface area contributed by atoms with Crippen molar-refractivity contribution in [2.24, 2.45) is 5.92 Å². The second kappa shape index (κ2) is 11.0. The molecule has 1 saturated heterocycles. The standard InChI is InChI=1S/C21H24N4O2.2ClH/c26-21(23-13-16-5-4-9-22-12-16)17-6-3-7-19(11-17)27-15-18-14-25-10-2-1-8-20(25)24-18;;/h1-3,6-8,10-11,14,16,22H,4-5,9,12-13,15H2,(H,23,26);2*1H. The van der Waals surface area contributed by atoms with Crippen molar-refractivity contribution in [2.75, 3.05) is 19.6 Å². The second-order valence-corrected chi connectivity index (χ2v) is 6.94. The van der Waals surface area contributed by atoms with Gasteiger partial charge >= 0.3 is 0 Å². The first-order valence-electron chi connectivity index (χ1n) is 9.42. The van der Waals surface area contributed by atoms with Gasteiger partial charge in [-0.05, 0) is 62.2 Å². The van der Waals surface area contributed by atoms with Crippen LogP contribution in [0.15, 0.2) is 54.9 Å². The zero-order valence-electron chi connectivity index (χ0n) is 16.0. The summed E-state index contributed by atoms with van der Waals surface area (Å²) in [6, 6.07) is 13.2. The number of imidazole rings is 1. The van der Waals surface area contributed by atoms with Crippen LogP contribution in [0.2, 0.25) is 0 Å². The van der Waals surface area contributed by atoms with Crippen molar-refractivity contribution >= 4 is 36.4 Å². The Bertz CT molecular complexity index is 893. The Balaban J connectivity index is 0.00000150. The molecule has 1 fully saturated rings. The lowest BCUT2D eigenvalue weighted by Gasteiger charge is -2.22. The molecule has 1 amide bonds. The number of carbonyl (C=O) groups is 1. The largest absolute Gasteiger partial charge is 0.487 e. The fraction of sp³-hybridized carbons (Fsp3) is 0.333. The van der Waals surface area contributed by atoms with Crippen molar-refractivity contribution in [1.29, 1.82) is 0 Å². The topological polar surface area (TPSA) is 67.7 Å². The van der Waals surface area contributed by atoms with Crippen LogP contribution in [0.5, 0.6) is 5.75 Å². The normalized spacial score (nSPS) is 15.8. The Morgan fingerprint density at radius 2 is 2.14 bits per heavy atom. The van der Waals surface area contributed by atoms with Gasteiger partial charge in [-0.2, -0.15) is 0 Å². The Labute approximate surface area is 182 Å². The number of pyridine rings is 1. The second-order valence-electron chi connectivity index (χ2n) is 6.94. The van der Waals surface area contributed by atoms with Gasteiger partial charge in [0, 0.05) is 24.5 Å². The molecule has 1 aliphatic rings. The van der Waals surface area contributed by atoms with Crippen LogP contribution in [0.4, 0.5) is 0 Å². The maximum atomic E-state index is 12.4. The summed E-state index contributed by atoms with van der Waals surface area (Å²) in [6.45, 7) is 3.12. The number of piperidine rings is 1. The third kappa shape index (κ3) is 6.10. The van der Waals surface area contributed by atoms with Crippen LogP contribution in [-0.2, 0) is 6.61 Å². The molecule has 3 aromatic rings. The van der Waals surface area contributed by atoms with Crippen LogP contribution in [0.3, 0.4) is 0 Å². The average Bonchev–Trinajstić information content (AvgIpc) is 3.14. The van der Waals surface area contributed by atoms with Crippen LogP contribution >= 0.6 is 24.8 Å². The van der Waals surface area contributed by atoms with Crippen molar-refractivity contribution in [1.82, 2.24) is 20.0 Å². The lowest BCUT2D eigenvalue weighted by Crippen LogP contribution is -2.38. The summed E-state index contributed by atoms with van der Waals surface area (Å²) in [6.07, 6.45) is 6.24. The SMILES string of the molecule is Cl.Cl.O=C(NCC1CCCNC1)c1cccc(OCc2cn3ccccc3n2)c1. The van der Waals surface area contributed by atoms with E-state index < -0.39 is 0 Å². The highest BCUT2D eigenvalue weighted by atomic mass is 35.5. The molecule has 1 atom stereocenters. The number of nitrogens with one attached hydrogen (secondary N) is 2. The molecule has 2 N–H and O–H groups in total. The lowest BCUT2D eigenvalue weighted by molar-refractivity contribution is 0.0944. The number of amides is 1. The number of fused-ring (bicyclic) bond motifs is 1. The molecule has 4 rings (SSSR count). The Morgan fingerprint density at radius 1 is 1.24 bits per heavy atom. The number of nitrogens with zero attached hydrogens (tertiary/aromatic N) is 2. The van der Waals surface area contributed by atoms with Crippen LogP contribution < -0.4 is 15.4 Å². The molecule has 0 spiro atoms. The molecule has 0 radical (unpaired) electrons. The van der Waals surface area contributed by atoms with Crippen molar-refractivity contribution in [2.45, 2.75) is 19.4 Å². The van der Waals surface area contributed by atoms with Gasteiger partial charge in [0.15, 0.2) is 0 Å². The number of aromatic nitrogens is 2. The number of benzene rings is 1. The van der Waals surface area contributed by atoms with E-state index in [0.717, 1.165) is 30.9 Å². The van der Waals surface area contributed by atoms with E-state index >= 15 is 0 Å². The van der Waals surface area contributed by atoms with Gasteiger partial charge in [-0.25, -0.2) is 4.98 Å². The highest BCUT2D eigenvalue weighted by Gasteiger charge is 2.15. The van der Waals surface area contributed by atoms with Crippen LogP contribution in [0.25, 0.3) is 5.65 Å². The monoisotopic (exact) mass is 436 g/mol. The van der Waals surface area contributed by atoms with E-state index in [4.69, 9.17) is 4.74 Å². The highest BCUT2D eigenvalue weighted by Crippen LogP contribution is 2.16. The molecule has 0 saturated carbocycles. The molecule has 2 aromatic heterocycles. The number of carbonyl (C=O) groups excluding carboxylic acids is 1. The molecule has 1 unspecified atom stereocenters. The summed E-state index contributed by atoms with van der Waals surface area (Å²) >= 11 is 0. The Hall–Kier alpha value is -2.28. The number of hydrogen-bond acceptors (Lipinski definition) is 4. The highest BCUT2D eigenvalue weighted by molar-refractivity contribution is 5.94. The first kappa shape index (κ1) is 23.0. The summed E-state index contributed by atoms with van der Waals surface area (Å²) in [5.74, 6) is 1.12. The number of halogens is 2.